The van der Waals surface area contributed by atoms with Crippen molar-refractivity contribution in [1.82, 2.24) is 10.6 Å². The van der Waals surface area contributed by atoms with Crippen LogP contribution in [0.15, 0.2) is 24.3 Å². The van der Waals surface area contributed by atoms with Crippen LogP contribution in [0.1, 0.15) is 24.8 Å². The molecular weight excluding hydrogens is 224 g/mol. The van der Waals surface area contributed by atoms with Crippen LogP contribution in [0.3, 0.4) is 0 Å². The summed E-state index contributed by atoms with van der Waals surface area (Å²) < 4.78 is 5.22. The first-order valence-electron chi connectivity index (χ1n) is 6.93. The molecule has 0 atom stereocenters. The van der Waals surface area contributed by atoms with E-state index in [9.17, 15) is 0 Å². The number of ether oxygens (including phenoxy) is 1. The lowest BCUT2D eigenvalue weighted by atomic mass is 9.95. The number of benzene rings is 1. The van der Waals surface area contributed by atoms with Crippen molar-refractivity contribution in [3.05, 3.63) is 29.8 Å². The maximum atomic E-state index is 5.22. The molecule has 0 radical (unpaired) electrons. The van der Waals surface area contributed by atoms with E-state index >= 15 is 0 Å². The second-order valence-corrected chi connectivity index (χ2v) is 5.01. The Morgan fingerprint density at radius 1 is 1.33 bits per heavy atom. The Morgan fingerprint density at radius 3 is 2.94 bits per heavy atom. The summed E-state index contributed by atoms with van der Waals surface area (Å²) >= 11 is 0. The molecule has 0 amide bonds. The van der Waals surface area contributed by atoms with E-state index in [4.69, 9.17) is 4.74 Å². The standard InChI is InChI=1S/C15H24N2O/c1-18-15-4-2-3-14(11-15)12-17-10-7-13-5-8-16-9-6-13/h2-4,11,13,16-17H,5-10,12H2,1H3. The number of hydrogen-bond acceptors (Lipinski definition) is 3. The number of rotatable bonds is 6. The summed E-state index contributed by atoms with van der Waals surface area (Å²) in [5.74, 6) is 1.84. The highest BCUT2D eigenvalue weighted by Crippen LogP contribution is 2.15. The van der Waals surface area contributed by atoms with Gasteiger partial charge in [0, 0.05) is 6.54 Å². The number of nitrogens with one attached hydrogen (secondary N) is 2. The molecule has 0 spiro atoms. The molecule has 0 saturated carbocycles. The Morgan fingerprint density at radius 2 is 2.17 bits per heavy atom. The minimum Gasteiger partial charge on any atom is -0.497 e. The molecular formula is C15H24N2O. The van der Waals surface area contributed by atoms with Gasteiger partial charge in [0.2, 0.25) is 0 Å². The van der Waals surface area contributed by atoms with Gasteiger partial charge in [-0.1, -0.05) is 12.1 Å². The van der Waals surface area contributed by atoms with Crippen molar-refractivity contribution in [3.63, 3.8) is 0 Å². The molecule has 2 N–H and O–H groups in total. The van der Waals surface area contributed by atoms with Crippen LogP contribution in [0.2, 0.25) is 0 Å². The third kappa shape index (κ3) is 4.31. The van der Waals surface area contributed by atoms with Gasteiger partial charge < -0.3 is 15.4 Å². The molecule has 0 aromatic heterocycles. The van der Waals surface area contributed by atoms with Crippen molar-refractivity contribution in [1.29, 1.82) is 0 Å². The normalized spacial score (nSPS) is 16.7. The highest BCUT2D eigenvalue weighted by molar-refractivity contribution is 5.28. The summed E-state index contributed by atoms with van der Waals surface area (Å²) in [6.07, 6.45) is 3.97. The average Bonchev–Trinajstić information content (AvgIpc) is 2.45. The average molecular weight is 248 g/mol. The van der Waals surface area contributed by atoms with Gasteiger partial charge in [0.25, 0.3) is 0 Å². The lowest BCUT2D eigenvalue weighted by molar-refractivity contribution is 0.348. The van der Waals surface area contributed by atoms with Crippen molar-refractivity contribution >= 4 is 0 Å². The van der Waals surface area contributed by atoms with E-state index in [0.29, 0.717) is 0 Å². The maximum Gasteiger partial charge on any atom is 0.119 e. The fourth-order valence-electron chi connectivity index (χ4n) is 2.49. The van der Waals surface area contributed by atoms with Crippen LogP contribution in [0.4, 0.5) is 0 Å². The minimum atomic E-state index is 0.907. The summed E-state index contributed by atoms with van der Waals surface area (Å²) in [5, 5.41) is 6.93. The lowest BCUT2D eigenvalue weighted by Crippen LogP contribution is -2.29. The van der Waals surface area contributed by atoms with Gasteiger partial charge in [-0.05, 0) is 62.5 Å². The van der Waals surface area contributed by atoms with Crippen molar-refractivity contribution in [2.45, 2.75) is 25.8 Å². The highest BCUT2D eigenvalue weighted by Gasteiger charge is 2.11. The van der Waals surface area contributed by atoms with Gasteiger partial charge in [0.05, 0.1) is 7.11 Å². The zero-order valence-corrected chi connectivity index (χ0v) is 11.2. The number of hydrogen-bond donors (Lipinski definition) is 2. The molecule has 1 aromatic rings. The summed E-state index contributed by atoms with van der Waals surface area (Å²) in [6, 6.07) is 8.26. The highest BCUT2D eigenvalue weighted by atomic mass is 16.5. The van der Waals surface area contributed by atoms with Crippen molar-refractivity contribution in [2.24, 2.45) is 5.92 Å². The van der Waals surface area contributed by atoms with Gasteiger partial charge in [-0.25, -0.2) is 0 Å². The number of methoxy groups -OCH3 is 1. The predicted molar refractivity (Wildman–Crippen MR) is 74.9 cm³/mol. The van der Waals surface area contributed by atoms with E-state index in [1.165, 1.54) is 37.9 Å². The molecule has 0 unspecified atom stereocenters. The van der Waals surface area contributed by atoms with Crippen LogP contribution in [0.25, 0.3) is 0 Å². The van der Waals surface area contributed by atoms with Crippen LogP contribution in [0.5, 0.6) is 5.75 Å². The molecule has 2 rings (SSSR count). The quantitative estimate of drug-likeness (QED) is 0.757. The Hall–Kier alpha value is -1.06. The van der Waals surface area contributed by atoms with E-state index in [-0.39, 0.29) is 0 Å². The van der Waals surface area contributed by atoms with Crippen LogP contribution >= 0.6 is 0 Å². The third-order valence-electron chi connectivity index (χ3n) is 3.65. The number of piperidine rings is 1. The Balaban J connectivity index is 1.65. The molecule has 18 heavy (non-hydrogen) atoms. The third-order valence-corrected chi connectivity index (χ3v) is 3.65. The van der Waals surface area contributed by atoms with E-state index < -0.39 is 0 Å². The van der Waals surface area contributed by atoms with Crippen molar-refractivity contribution in [2.75, 3.05) is 26.7 Å². The first kappa shape index (κ1) is 13.4. The van der Waals surface area contributed by atoms with Gasteiger partial charge >= 0.3 is 0 Å². The topological polar surface area (TPSA) is 33.3 Å². The zero-order chi connectivity index (χ0) is 12.6. The molecule has 1 saturated heterocycles. The van der Waals surface area contributed by atoms with Gasteiger partial charge in [-0.3, -0.25) is 0 Å². The second-order valence-electron chi connectivity index (χ2n) is 5.01. The molecule has 1 aromatic carbocycles. The molecule has 1 heterocycles. The molecule has 0 bridgehead atoms. The lowest BCUT2D eigenvalue weighted by Gasteiger charge is -2.22. The maximum absolute atomic E-state index is 5.22. The van der Waals surface area contributed by atoms with Crippen molar-refractivity contribution in [3.8, 4) is 5.75 Å². The molecule has 0 aliphatic carbocycles. The Labute approximate surface area is 110 Å². The smallest absolute Gasteiger partial charge is 0.119 e. The van der Waals surface area contributed by atoms with E-state index in [0.717, 1.165) is 24.8 Å². The predicted octanol–water partition coefficient (Wildman–Crippen LogP) is 2.17. The first-order chi connectivity index (χ1) is 8.88. The molecule has 100 valence electrons. The van der Waals surface area contributed by atoms with Gasteiger partial charge in [-0.15, -0.1) is 0 Å². The molecule has 3 heteroatoms. The largest absolute Gasteiger partial charge is 0.497 e. The van der Waals surface area contributed by atoms with Gasteiger partial charge in [0.1, 0.15) is 5.75 Å². The monoisotopic (exact) mass is 248 g/mol. The van der Waals surface area contributed by atoms with Crippen LogP contribution in [-0.4, -0.2) is 26.7 Å². The van der Waals surface area contributed by atoms with Crippen LogP contribution in [-0.2, 0) is 6.54 Å². The minimum absolute atomic E-state index is 0.907. The molecule has 1 aliphatic heterocycles. The second kappa shape index (κ2) is 7.39. The van der Waals surface area contributed by atoms with E-state index in [2.05, 4.69) is 22.8 Å². The Kier molecular flexibility index (Phi) is 5.49. The SMILES string of the molecule is COc1cccc(CNCCC2CCNCC2)c1. The molecule has 1 aliphatic rings. The van der Waals surface area contributed by atoms with Gasteiger partial charge in [0.15, 0.2) is 0 Å². The van der Waals surface area contributed by atoms with Crippen molar-refractivity contribution < 1.29 is 4.74 Å². The summed E-state index contributed by atoms with van der Waals surface area (Å²) in [5.41, 5.74) is 1.29. The zero-order valence-electron chi connectivity index (χ0n) is 11.2. The van der Waals surface area contributed by atoms with E-state index in [1.54, 1.807) is 7.11 Å². The fourth-order valence-corrected chi connectivity index (χ4v) is 2.49. The summed E-state index contributed by atoms with van der Waals surface area (Å²) in [6.45, 7) is 4.44. The Bertz CT molecular complexity index is 348. The summed E-state index contributed by atoms with van der Waals surface area (Å²) in [4.78, 5) is 0. The van der Waals surface area contributed by atoms with Crippen LogP contribution in [0, 0.1) is 5.92 Å². The van der Waals surface area contributed by atoms with E-state index in [1.807, 2.05) is 12.1 Å². The molecule has 3 nitrogen and oxygen atoms in total. The first-order valence-corrected chi connectivity index (χ1v) is 6.93. The fraction of sp³-hybridized carbons (Fsp3) is 0.600. The van der Waals surface area contributed by atoms with Gasteiger partial charge in [-0.2, -0.15) is 0 Å². The molecule has 1 fully saturated rings. The summed E-state index contributed by atoms with van der Waals surface area (Å²) in [7, 11) is 1.71. The van der Waals surface area contributed by atoms with Crippen LogP contribution < -0.4 is 15.4 Å².